The molecule has 3 N–H and O–H groups in total. The average Bonchev–Trinajstić information content (AvgIpc) is 2.54. The number of primary amides is 1. The number of benzene rings is 1. The molecule has 0 bridgehead atoms. The van der Waals surface area contributed by atoms with Crippen LogP contribution in [0.1, 0.15) is 5.56 Å². The largest absolute Gasteiger partial charge is 0.484 e. The highest BCUT2D eigenvalue weighted by molar-refractivity contribution is 5.81. The molecule has 3 amide bonds. The third-order valence-electron chi connectivity index (χ3n) is 2.99. The molecule has 118 valence electrons. The van der Waals surface area contributed by atoms with Crippen LogP contribution >= 0.6 is 0 Å². The van der Waals surface area contributed by atoms with Crippen LogP contribution in [0, 0.1) is 0 Å². The van der Waals surface area contributed by atoms with Crippen LogP contribution in [-0.4, -0.2) is 56.0 Å². The van der Waals surface area contributed by atoms with Crippen LogP contribution in [0.2, 0.25) is 0 Å². The van der Waals surface area contributed by atoms with Gasteiger partial charge in [-0.25, -0.2) is 10.2 Å². The number of hydrogen-bond acceptors (Lipinski definition) is 5. The quantitative estimate of drug-likeness (QED) is 0.586. The number of nitrogens with zero attached hydrogens (tertiary/aromatic N) is 2. The first-order valence-corrected chi connectivity index (χ1v) is 6.82. The summed E-state index contributed by atoms with van der Waals surface area (Å²) in [5.74, 6) is 0.529. The van der Waals surface area contributed by atoms with Gasteiger partial charge in [0.2, 0.25) is 0 Å². The number of hydrazone groups is 1. The van der Waals surface area contributed by atoms with E-state index in [-0.39, 0.29) is 12.5 Å². The molecule has 22 heavy (non-hydrogen) atoms. The highest BCUT2D eigenvalue weighted by Crippen LogP contribution is 2.11. The Morgan fingerprint density at radius 1 is 1.32 bits per heavy atom. The first-order chi connectivity index (χ1) is 10.6. The number of morpholine rings is 1. The first kappa shape index (κ1) is 15.8. The van der Waals surface area contributed by atoms with E-state index < -0.39 is 6.03 Å². The molecule has 1 aromatic carbocycles. The van der Waals surface area contributed by atoms with Crippen LogP contribution in [0.3, 0.4) is 0 Å². The van der Waals surface area contributed by atoms with Gasteiger partial charge >= 0.3 is 6.03 Å². The zero-order chi connectivity index (χ0) is 15.8. The summed E-state index contributed by atoms with van der Waals surface area (Å²) < 4.78 is 10.6. The Labute approximate surface area is 127 Å². The fourth-order valence-corrected chi connectivity index (χ4v) is 1.87. The number of ether oxygens (including phenoxy) is 2. The normalized spacial score (nSPS) is 14.8. The lowest BCUT2D eigenvalue weighted by Gasteiger charge is -2.26. The van der Waals surface area contributed by atoms with Gasteiger partial charge in [-0.1, -0.05) is 0 Å². The van der Waals surface area contributed by atoms with E-state index in [4.69, 9.17) is 15.2 Å². The van der Waals surface area contributed by atoms with Gasteiger partial charge in [0.1, 0.15) is 5.75 Å². The molecule has 0 atom stereocenters. The Morgan fingerprint density at radius 3 is 2.64 bits per heavy atom. The van der Waals surface area contributed by atoms with Crippen molar-refractivity contribution >= 4 is 18.2 Å². The second kappa shape index (κ2) is 7.99. The molecular weight excluding hydrogens is 288 g/mol. The number of rotatable bonds is 5. The SMILES string of the molecule is NC(=O)N/N=C\c1ccc(OCC(=O)N2CCOCC2)cc1. The van der Waals surface area contributed by atoms with Crippen LogP contribution in [0.25, 0.3) is 0 Å². The number of nitrogens with two attached hydrogens (primary N) is 1. The van der Waals surface area contributed by atoms with Crippen LogP contribution in [-0.2, 0) is 9.53 Å². The molecule has 8 heteroatoms. The maximum Gasteiger partial charge on any atom is 0.332 e. The number of nitrogens with one attached hydrogen (secondary N) is 1. The Bertz CT molecular complexity index is 538. The van der Waals surface area contributed by atoms with Crippen molar-refractivity contribution < 1.29 is 19.1 Å². The van der Waals surface area contributed by atoms with E-state index in [1.54, 1.807) is 29.2 Å². The summed E-state index contributed by atoms with van der Waals surface area (Å²) in [7, 11) is 0. The van der Waals surface area contributed by atoms with E-state index in [2.05, 4.69) is 10.5 Å². The van der Waals surface area contributed by atoms with Crippen LogP contribution < -0.4 is 15.9 Å². The summed E-state index contributed by atoms with van der Waals surface area (Å²) in [6.07, 6.45) is 1.45. The van der Waals surface area contributed by atoms with Gasteiger partial charge in [-0.3, -0.25) is 4.79 Å². The van der Waals surface area contributed by atoms with Gasteiger partial charge in [-0.05, 0) is 29.8 Å². The number of amides is 3. The molecule has 0 unspecified atom stereocenters. The molecule has 8 nitrogen and oxygen atoms in total. The summed E-state index contributed by atoms with van der Waals surface area (Å²) in [6, 6.07) is 6.22. The Balaban J connectivity index is 1.79. The predicted molar refractivity (Wildman–Crippen MR) is 79.6 cm³/mol. The van der Waals surface area contributed by atoms with Gasteiger partial charge in [0, 0.05) is 13.1 Å². The molecule has 1 aliphatic heterocycles. The Kier molecular flexibility index (Phi) is 5.73. The van der Waals surface area contributed by atoms with Crippen LogP contribution in [0.4, 0.5) is 4.79 Å². The molecule has 0 aromatic heterocycles. The smallest absolute Gasteiger partial charge is 0.332 e. The molecule has 0 saturated carbocycles. The molecule has 1 aromatic rings. The fourth-order valence-electron chi connectivity index (χ4n) is 1.87. The zero-order valence-corrected chi connectivity index (χ0v) is 12.0. The summed E-state index contributed by atoms with van der Waals surface area (Å²) in [5, 5.41) is 3.64. The van der Waals surface area contributed by atoms with E-state index in [1.165, 1.54) is 6.21 Å². The molecule has 2 rings (SSSR count). The van der Waals surface area contributed by atoms with Crippen molar-refractivity contribution in [2.24, 2.45) is 10.8 Å². The maximum absolute atomic E-state index is 11.9. The average molecular weight is 306 g/mol. The highest BCUT2D eigenvalue weighted by Gasteiger charge is 2.16. The summed E-state index contributed by atoms with van der Waals surface area (Å²) in [5.41, 5.74) is 7.75. The molecule has 1 fully saturated rings. The lowest BCUT2D eigenvalue weighted by Crippen LogP contribution is -2.42. The topological polar surface area (TPSA) is 106 Å². The van der Waals surface area contributed by atoms with Crippen molar-refractivity contribution in [1.82, 2.24) is 10.3 Å². The molecule has 1 saturated heterocycles. The standard InChI is InChI=1S/C14H18N4O4/c15-14(20)17-16-9-11-1-3-12(4-2-11)22-10-13(19)18-5-7-21-8-6-18/h1-4,9H,5-8,10H2,(H3,15,17,20)/b16-9-. The molecule has 0 spiro atoms. The van der Waals surface area contributed by atoms with E-state index in [1.807, 2.05) is 0 Å². The summed E-state index contributed by atoms with van der Waals surface area (Å²) in [6.45, 7) is 2.34. The third kappa shape index (κ3) is 5.06. The monoisotopic (exact) mass is 306 g/mol. The fraction of sp³-hybridized carbons (Fsp3) is 0.357. The molecule has 0 aliphatic carbocycles. The number of carbonyl (C=O) groups is 2. The van der Waals surface area contributed by atoms with E-state index in [0.29, 0.717) is 32.1 Å². The van der Waals surface area contributed by atoms with Crippen molar-refractivity contribution in [2.45, 2.75) is 0 Å². The van der Waals surface area contributed by atoms with Gasteiger partial charge in [-0.2, -0.15) is 5.10 Å². The number of urea groups is 1. The zero-order valence-electron chi connectivity index (χ0n) is 12.0. The van der Waals surface area contributed by atoms with Crippen molar-refractivity contribution in [3.05, 3.63) is 29.8 Å². The van der Waals surface area contributed by atoms with Crippen LogP contribution in [0.5, 0.6) is 5.75 Å². The second-order valence-electron chi connectivity index (χ2n) is 4.59. The Morgan fingerprint density at radius 2 is 2.00 bits per heavy atom. The summed E-state index contributed by atoms with van der Waals surface area (Å²) in [4.78, 5) is 24.1. The lowest BCUT2D eigenvalue weighted by atomic mass is 10.2. The number of hydrogen-bond donors (Lipinski definition) is 2. The minimum atomic E-state index is -0.724. The molecular formula is C14H18N4O4. The summed E-state index contributed by atoms with van der Waals surface area (Å²) >= 11 is 0. The molecule has 1 heterocycles. The van der Waals surface area contributed by atoms with E-state index in [9.17, 15) is 9.59 Å². The van der Waals surface area contributed by atoms with Crippen molar-refractivity contribution in [3.8, 4) is 5.75 Å². The highest BCUT2D eigenvalue weighted by atomic mass is 16.5. The maximum atomic E-state index is 11.9. The van der Waals surface area contributed by atoms with Crippen molar-refractivity contribution in [3.63, 3.8) is 0 Å². The third-order valence-corrected chi connectivity index (χ3v) is 2.99. The Hall–Kier alpha value is -2.61. The predicted octanol–water partition coefficient (Wildman–Crippen LogP) is -0.0736. The van der Waals surface area contributed by atoms with Gasteiger partial charge in [0.25, 0.3) is 5.91 Å². The molecule has 1 aliphatic rings. The van der Waals surface area contributed by atoms with Crippen molar-refractivity contribution in [1.29, 1.82) is 0 Å². The van der Waals surface area contributed by atoms with Gasteiger partial charge < -0.3 is 20.1 Å². The lowest BCUT2D eigenvalue weighted by molar-refractivity contribution is -0.137. The van der Waals surface area contributed by atoms with E-state index in [0.717, 1.165) is 5.56 Å². The van der Waals surface area contributed by atoms with Gasteiger partial charge in [0.05, 0.1) is 19.4 Å². The van der Waals surface area contributed by atoms with Gasteiger partial charge in [-0.15, -0.1) is 0 Å². The van der Waals surface area contributed by atoms with Gasteiger partial charge in [0.15, 0.2) is 6.61 Å². The number of carbonyl (C=O) groups excluding carboxylic acids is 2. The second-order valence-corrected chi connectivity index (χ2v) is 4.59. The minimum absolute atomic E-state index is 0.00331. The minimum Gasteiger partial charge on any atom is -0.484 e. The first-order valence-electron chi connectivity index (χ1n) is 6.82. The molecule has 0 radical (unpaired) electrons. The van der Waals surface area contributed by atoms with Crippen molar-refractivity contribution in [2.75, 3.05) is 32.9 Å². The van der Waals surface area contributed by atoms with Crippen LogP contribution in [0.15, 0.2) is 29.4 Å². The van der Waals surface area contributed by atoms with E-state index >= 15 is 0 Å².